The molecular formula is C109H170N26O10. The van der Waals surface area contributed by atoms with Gasteiger partial charge in [0.1, 0.15) is 11.6 Å². The summed E-state index contributed by atoms with van der Waals surface area (Å²) < 4.78 is 0. The predicted molar refractivity (Wildman–Crippen MR) is 565 cm³/mol. The van der Waals surface area contributed by atoms with E-state index in [1.165, 1.54) is 160 Å². The van der Waals surface area contributed by atoms with Crippen LogP contribution in [0, 0.1) is 40.4 Å². The van der Waals surface area contributed by atoms with Gasteiger partial charge in [-0.15, -0.1) is 0 Å². The van der Waals surface area contributed by atoms with Crippen molar-refractivity contribution in [2.75, 3.05) is 42.5 Å². The summed E-state index contributed by atoms with van der Waals surface area (Å²) in [6.45, 7) is 17.6. The number of nitrogens with two attached hydrogens (primary N) is 6. The molecule has 19 rings (SSSR count). The van der Waals surface area contributed by atoms with Crippen LogP contribution in [0.15, 0.2) is 37.2 Å². The van der Waals surface area contributed by atoms with E-state index in [-0.39, 0.29) is 63.4 Å². The van der Waals surface area contributed by atoms with Gasteiger partial charge in [0.2, 0.25) is 35.7 Å². The van der Waals surface area contributed by atoms with E-state index < -0.39 is 41.0 Å². The van der Waals surface area contributed by atoms with Crippen molar-refractivity contribution in [3.05, 3.63) is 93.3 Å². The fraction of sp³-hybridized carbons (Fsp3) is 0.725. The summed E-state index contributed by atoms with van der Waals surface area (Å²) in [5, 5.41) is 66.6. The molecule has 6 aromatic rings. The van der Waals surface area contributed by atoms with Crippen molar-refractivity contribution in [3.63, 3.8) is 0 Å². The van der Waals surface area contributed by atoms with E-state index in [0.717, 1.165) is 209 Å². The number of nitrogens with zero attached hydrogens (tertiary/aromatic N) is 12. The number of rotatable bonds is 33. The zero-order chi connectivity index (χ0) is 103. The molecule has 24 N–H and O–H groups in total. The average molecular weight is 2000 g/mol. The first-order valence-electron chi connectivity index (χ1n) is 55.1. The lowest BCUT2D eigenvalue weighted by atomic mass is 9.72. The van der Waals surface area contributed by atoms with Crippen LogP contribution in [-0.4, -0.2) is 186 Å². The molecule has 13 fully saturated rings. The highest BCUT2D eigenvalue weighted by Crippen LogP contribution is 2.56. The van der Waals surface area contributed by atoms with E-state index in [1.54, 1.807) is 12.4 Å². The number of aliphatic hydroxyl groups is 4. The van der Waals surface area contributed by atoms with Crippen LogP contribution >= 0.6 is 0 Å². The van der Waals surface area contributed by atoms with Gasteiger partial charge in [-0.05, 0) is 337 Å². The van der Waals surface area contributed by atoms with E-state index in [0.29, 0.717) is 135 Å². The Morgan fingerprint density at radius 3 is 1.06 bits per heavy atom. The topological polar surface area (TPSA) is 590 Å². The summed E-state index contributed by atoms with van der Waals surface area (Å²) in [6, 6.07) is 1.40. The van der Waals surface area contributed by atoms with E-state index in [4.69, 9.17) is 44.4 Å². The maximum Gasteiger partial charge on any atom is 0.254 e. The molecule has 6 aromatic heterocycles. The molecule has 0 bridgehead atoms. The molecule has 13 saturated carbocycles. The Kier molecular flexibility index (Phi) is 37.7. The summed E-state index contributed by atoms with van der Waals surface area (Å²) in [6.07, 6.45) is 63.9. The number of aromatic nitrogens is 12. The number of hydrogen-bond acceptors (Lipinski definition) is 30. The second-order valence-electron chi connectivity index (χ2n) is 47.0. The number of carbonyl (C=O) groups is 6. The minimum Gasteiger partial charge on any atom is -0.393 e. The van der Waals surface area contributed by atoms with Crippen molar-refractivity contribution in [1.82, 2.24) is 59.8 Å². The average Bonchev–Trinajstić information content (AvgIpc) is 1.58. The Bertz CT molecular complexity index is 5310. The van der Waals surface area contributed by atoms with Crippen molar-refractivity contribution in [1.29, 1.82) is 0 Å². The lowest BCUT2D eigenvalue weighted by Crippen LogP contribution is -2.42. The Morgan fingerprint density at radius 1 is 0.338 bits per heavy atom. The molecule has 13 aliphatic carbocycles. The van der Waals surface area contributed by atoms with Crippen LogP contribution in [0.2, 0.25) is 0 Å². The van der Waals surface area contributed by atoms with Gasteiger partial charge in [0, 0.05) is 83.5 Å². The van der Waals surface area contributed by atoms with Gasteiger partial charge in [0.05, 0.1) is 80.1 Å². The van der Waals surface area contributed by atoms with Gasteiger partial charge in [-0.25, -0.2) is 49.8 Å². The molecule has 0 saturated heterocycles. The van der Waals surface area contributed by atoms with E-state index in [2.05, 4.69) is 141 Å². The Labute approximate surface area is 857 Å². The molecule has 0 aromatic carbocycles. The first-order valence-corrected chi connectivity index (χ1v) is 55.1. The fourth-order valence-corrected chi connectivity index (χ4v) is 23.6. The number of anilines is 8. The Balaban J connectivity index is 0.000000138. The van der Waals surface area contributed by atoms with Crippen LogP contribution in [0.5, 0.6) is 0 Å². The maximum absolute atomic E-state index is 11.9. The van der Waals surface area contributed by atoms with Crippen molar-refractivity contribution in [2.24, 2.45) is 74.8 Å². The molecule has 0 unspecified atom stereocenters. The number of amides is 6. The van der Waals surface area contributed by atoms with E-state index in [1.807, 2.05) is 6.92 Å². The van der Waals surface area contributed by atoms with Gasteiger partial charge in [-0.3, -0.25) is 28.8 Å². The van der Waals surface area contributed by atoms with Gasteiger partial charge >= 0.3 is 0 Å². The van der Waals surface area contributed by atoms with Crippen molar-refractivity contribution < 1.29 is 49.2 Å². The minimum absolute atomic E-state index is 0.0464. The molecule has 145 heavy (non-hydrogen) atoms. The maximum atomic E-state index is 11.9. The molecule has 0 spiro atoms. The second-order valence-corrected chi connectivity index (χ2v) is 47.0. The summed E-state index contributed by atoms with van der Waals surface area (Å²) in [7, 11) is 0. The fourth-order valence-electron chi connectivity index (χ4n) is 23.6. The number of hydrogen-bond donors (Lipinski definition) is 18. The largest absolute Gasteiger partial charge is 0.393 e. The number of aliphatic hydroxyl groups excluding tert-OH is 3. The summed E-state index contributed by atoms with van der Waals surface area (Å²) in [4.78, 5) is 124. The zero-order valence-electron chi connectivity index (χ0n) is 87.7. The first-order chi connectivity index (χ1) is 69.2. The summed E-state index contributed by atoms with van der Waals surface area (Å²) in [5.74, 6) is 4.75. The molecule has 6 amide bonds. The molecule has 4 atom stereocenters. The van der Waals surface area contributed by atoms with Crippen molar-refractivity contribution >= 4 is 82.8 Å². The van der Waals surface area contributed by atoms with Crippen molar-refractivity contribution in [3.8, 4) is 0 Å². The molecule has 0 aliphatic heterocycles. The number of carbonyl (C=O) groups excluding carboxylic acids is 6. The van der Waals surface area contributed by atoms with E-state index >= 15 is 0 Å². The molecule has 6 heterocycles. The predicted octanol–water partition coefficient (Wildman–Crippen LogP) is 16.3. The number of primary amides is 6. The summed E-state index contributed by atoms with van der Waals surface area (Å²) >= 11 is 0. The highest BCUT2D eigenvalue weighted by Gasteiger charge is 2.55. The third kappa shape index (κ3) is 32.3. The quantitative estimate of drug-likeness (QED) is 0.0182. The molecule has 796 valence electrons. The molecule has 0 radical (unpaired) electrons. The molecule has 36 nitrogen and oxygen atoms in total. The van der Waals surface area contributed by atoms with Crippen LogP contribution in [0.4, 0.5) is 47.3 Å². The minimum atomic E-state index is -0.622. The SMILES string of the molecule is CC1(Nc2ncc(C(N)=O)c(C[C@@H]3CCC[C@H](O)C3)n2)CCC1.CC1(Nc2ncc(C(N)=O)c(C[C@@H]3CCC[C@](C)(O)C3)n2)CCC1.CC1CCC(Nc2ncc(C(N)=O)c(CC3(C)CCCCC3)n2)CC1.CCC1(Nc2nc(NC3CCC(O)CC3)ncc2C(N)=O)CC1.CCC1CCC(Nc2ncc(C(N)=O)c(CC3(C)CCCCC3)n2)CC1.NC(=O)c1cnc(NC2CCC(O)CC2)nc1NC1(C2CC2)CC1. The zero-order valence-corrected chi connectivity index (χ0v) is 87.7. The van der Waals surface area contributed by atoms with Crippen LogP contribution < -0.4 is 76.9 Å². The van der Waals surface area contributed by atoms with E-state index in [9.17, 15) is 49.2 Å². The van der Waals surface area contributed by atoms with Crippen molar-refractivity contribution in [2.45, 2.75) is 460 Å². The van der Waals surface area contributed by atoms with Crippen LogP contribution in [0.1, 0.15) is 449 Å². The molecule has 36 heteroatoms. The third-order valence-electron chi connectivity index (χ3n) is 34.1. The van der Waals surface area contributed by atoms with Crippen LogP contribution in [0.3, 0.4) is 0 Å². The monoisotopic (exact) mass is 2000 g/mol. The van der Waals surface area contributed by atoms with Crippen LogP contribution in [0.25, 0.3) is 0 Å². The van der Waals surface area contributed by atoms with Gasteiger partial charge in [-0.1, -0.05) is 92.4 Å². The van der Waals surface area contributed by atoms with Gasteiger partial charge in [-0.2, -0.15) is 9.97 Å². The van der Waals surface area contributed by atoms with Gasteiger partial charge in [0.25, 0.3) is 35.4 Å². The van der Waals surface area contributed by atoms with Crippen LogP contribution in [-0.2, 0) is 25.7 Å². The highest BCUT2D eigenvalue weighted by atomic mass is 16.3. The lowest BCUT2D eigenvalue weighted by molar-refractivity contribution is 0.00103. The normalized spacial score (nSPS) is 26.8. The first kappa shape index (κ1) is 110. The van der Waals surface area contributed by atoms with Gasteiger partial charge in [0.15, 0.2) is 0 Å². The Morgan fingerprint density at radius 2 is 0.697 bits per heavy atom. The Hall–Kier alpha value is -10.5. The lowest BCUT2D eigenvalue weighted by Gasteiger charge is -2.39. The third-order valence-corrected chi connectivity index (χ3v) is 34.1. The number of nitrogens with one attached hydrogen (secondary N) is 8. The smallest absolute Gasteiger partial charge is 0.254 e. The van der Waals surface area contributed by atoms with Gasteiger partial charge < -0.3 is 97.4 Å². The molecular weight excluding hydrogens is 1830 g/mol. The second kappa shape index (κ2) is 49.6. The standard InChI is InChI=1S/C21H34N4O.C20H32N4O.C18H28N4O2.C17H25N5O2.C17H26N4O2.C16H25N5O2/c1-3-15-7-9-16(10-8-15)24-20-23-14-17(19(22)26)18(25-20)13-21(2)11-5-4-6-12-21;1-14-6-8-15(9-7-14)23-19-22-13-16(18(21)25)17(24-19)12-20(2)10-4-3-5-11-20;1-17(6-4-7-17)22-16-20-11-13(15(19)23)14(21-16)9-12-5-3-8-18(2,24)10-12;18-14(24)13-9-19-16(20-11-3-5-12(23)6-4-11)21-15(13)22-17(7-8-17)10-1-2-10;1-17(6-3-7-17)21-16-19-10-13(15(18)23)14(20-16)9-11-4-2-5-12(22)8-11;1-2-16(7-8-16)21-14-12(13(17)23)9-18-15(20-14)19-10-3-5-11(22)6-4-10/h14-16H,3-13H2,1-2H3,(H2,22,26)(H,23,24,25);13-15H,3-12H2,1-2H3,(H2,21,25)(H,22,23,24);11-12,24H,3-10H2,1-2H3,(H2,19,23)(H,20,21,22);9-12,23H,1-8H2,(H2,18,24)(H2,19,20,21,22);10-12,22H,2-9H2,1H3,(H2,18,23)(H,19,20,21);9-11,22H,2-8H2,1H3,(H2,17,23)(H2,18,19,20,21)/t;;12-,18-;;11-,12+;/m..0.1./s1. The molecule has 13 aliphatic rings. The summed E-state index contributed by atoms with van der Waals surface area (Å²) in [5.41, 5.74) is 38.6. The highest BCUT2D eigenvalue weighted by molar-refractivity contribution is 5.99.